The Hall–Kier alpha value is -4.38. The number of imidazole rings is 1. The van der Waals surface area contributed by atoms with E-state index in [4.69, 9.17) is 15.5 Å². The summed E-state index contributed by atoms with van der Waals surface area (Å²) in [5.41, 5.74) is 12.9. The number of rotatable bonds is 10. The molecule has 46 heavy (non-hydrogen) atoms. The molecule has 238 valence electrons. The number of hydrogen-bond acceptors (Lipinski definition) is 6. The SMILES string of the molecule is Cc1cc2nc([C@@H]3CO[C@H](CCc4c(F)cncc4CC(=O)[C@@H](N)C(c4ccc(F)cc4)c4ccc(F)cc4)CN3)[nH]c2cc1C. The standard InChI is InChI=1S/C36H36F3N5O2/c1-20-13-30-31(14-21(20)2)44-36(43-30)32-19-46-27(17-42-32)11-12-28-24(16-41-18-29(28)39)15-33(45)35(40)34(22-3-7-25(37)8-4-22)23-5-9-26(38)10-6-23/h3-10,13-14,16,18,27,32,34-35,42H,11-12,15,17,19,40H2,1-2H3,(H,43,44)/t27-,32+,35-/m1/s1. The van der Waals surface area contributed by atoms with Crippen molar-refractivity contribution in [3.05, 3.63) is 130 Å². The summed E-state index contributed by atoms with van der Waals surface area (Å²) in [6, 6.07) is 14.4. The fraction of sp³-hybridized carbons (Fsp3) is 0.306. The Morgan fingerprint density at radius 2 is 1.63 bits per heavy atom. The van der Waals surface area contributed by atoms with Gasteiger partial charge in [-0.3, -0.25) is 9.78 Å². The molecule has 3 heterocycles. The first-order valence-corrected chi connectivity index (χ1v) is 15.4. The lowest BCUT2D eigenvalue weighted by Crippen LogP contribution is -2.41. The maximum atomic E-state index is 15.1. The van der Waals surface area contributed by atoms with E-state index < -0.39 is 29.4 Å². The number of nitrogens with zero attached hydrogens (tertiary/aromatic N) is 2. The van der Waals surface area contributed by atoms with Crippen molar-refractivity contribution in [3.63, 3.8) is 0 Å². The number of carbonyl (C=O) groups is 1. The lowest BCUT2D eigenvalue weighted by Gasteiger charge is -2.29. The van der Waals surface area contributed by atoms with Gasteiger partial charge in [0.15, 0.2) is 5.78 Å². The van der Waals surface area contributed by atoms with Crippen molar-refractivity contribution in [2.45, 2.75) is 57.2 Å². The van der Waals surface area contributed by atoms with Crippen LogP contribution in [-0.4, -0.2) is 46.0 Å². The van der Waals surface area contributed by atoms with Crippen LogP contribution in [0.1, 0.15) is 57.6 Å². The predicted molar refractivity (Wildman–Crippen MR) is 170 cm³/mol. The second-order valence-electron chi connectivity index (χ2n) is 12.0. The van der Waals surface area contributed by atoms with Gasteiger partial charge in [0.2, 0.25) is 0 Å². The van der Waals surface area contributed by atoms with Crippen molar-refractivity contribution >= 4 is 16.8 Å². The molecule has 1 aliphatic heterocycles. The number of ether oxygens (including phenoxy) is 1. The quantitative estimate of drug-likeness (QED) is 0.177. The van der Waals surface area contributed by atoms with Crippen LogP contribution in [0.5, 0.6) is 0 Å². The third kappa shape index (κ3) is 6.89. The van der Waals surface area contributed by atoms with Crippen molar-refractivity contribution < 1.29 is 22.7 Å². The molecule has 4 N–H and O–H groups in total. The number of nitrogens with one attached hydrogen (secondary N) is 2. The highest BCUT2D eigenvalue weighted by atomic mass is 19.1. The molecule has 2 aromatic heterocycles. The van der Waals surface area contributed by atoms with Crippen LogP contribution in [0.2, 0.25) is 0 Å². The number of fused-ring (bicyclic) bond motifs is 1. The van der Waals surface area contributed by atoms with Crippen LogP contribution in [0.3, 0.4) is 0 Å². The van der Waals surface area contributed by atoms with Gasteiger partial charge >= 0.3 is 0 Å². The van der Waals surface area contributed by atoms with Crippen molar-refractivity contribution in [1.29, 1.82) is 0 Å². The fourth-order valence-electron chi connectivity index (χ4n) is 6.12. The van der Waals surface area contributed by atoms with Gasteiger partial charge in [-0.15, -0.1) is 0 Å². The average Bonchev–Trinajstić information content (AvgIpc) is 3.45. The molecule has 6 rings (SSSR count). The molecule has 1 saturated heterocycles. The van der Waals surface area contributed by atoms with Crippen LogP contribution in [0, 0.1) is 31.3 Å². The van der Waals surface area contributed by atoms with Gasteiger partial charge in [-0.1, -0.05) is 24.3 Å². The maximum Gasteiger partial charge on any atom is 0.154 e. The van der Waals surface area contributed by atoms with E-state index in [1.165, 1.54) is 41.6 Å². The van der Waals surface area contributed by atoms with E-state index >= 15 is 4.39 Å². The molecule has 0 saturated carbocycles. The largest absolute Gasteiger partial charge is 0.375 e. The number of aromatic nitrogens is 3. The number of Topliss-reactive ketones (excluding diaryl/α,β-unsaturated/α-hetero) is 1. The van der Waals surface area contributed by atoms with Crippen LogP contribution >= 0.6 is 0 Å². The minimum atomic E-state index is -1.05. The normalized spacial score (nSPS) is 17.5. The Labute approximate surface area is 265 Å². The molecule has 0 bridgehead atoms. The molecule has 3 aromatic carbocycles. The molecule has 0 spiro atoms. The number of nitrogens with two attached hydrogens (primary N) is 1. The Balaban J connectivity index is 1.12. The maximum absolute atomic E-state index is 15.1. The van der Waals surface area contributed by atoms with Gasteiger partial charge in [-0.25, -0.2) is 18.2 Å². The summed E-state index contributed by atoms with van der Waals surface area (Å²) in [5.74, 6) is -1.54. The smallest absolute Gasteiger partial charge is 0.154 e. The van der Waals surface area contributed by atoms with Crippen LogP contribution in [0.25, 0.3) is 11.0 Å². The minimum absolute atomic E-state index is 0.0910. The number of halogens is 3. The molecule has 1 fully saturated rings. The van der Waals surface area contributed by atoms with Crippen molar-refractivity contribution in [1.82, 2.24) is 20.3 Å². The molecule has 10 heteroatoms. The number of hydrogen-bond donors (Lipinski definition) is 3. The second kappa shape index (κ2) is 13.5. The second-order valence-corrected chi connectivity index (χ2v) is 12.0. The summed E-state index contributed by atoms with van der Waals surface area (Å²) in [5, 5.41) is 3.50. The molecule has 0 amide bonds. The van der Waals surface area contributed by atoms with Crippen LogP contribution in [0.15, 0.2) is 73.1 Å². The van der Waals surface area contributed by atoms with E-state index in [0.29, 0.717) is 48.2 Å². The third-order valence-electron chi connectivity index (χ3n) is 8.90. The van der Waals surface area contributed by atoms with Gasteiger partial charge in [0.05, 0.1) is 42.0 Å². The molecule has 0 unspecified atom stereocenters. The Morgan fingerprint density at radius 3 is 2.26 bits per heavy atom. The summed E-state index contributed by atoms with van der Waals surface area (Å²) >= 11 is 0. The number of morpholine rings is 1. The molecule has 7 nitrogen and oxygen atoms in total. The van der Waals surface area contributed by atoms with E-state index in [1.54, 1.807) is 24.3 Å². The van der Waals surface area contributed by atoms with Gasteiger partial charge in [0.25, 0.3) is 0 Å². The van der Waals surface area contributed by atoms with E-state index in [-0.39, 0.29) is 24.3 Å². The van der Waals surface area contributed by atoms with Crippen LogP contribution in [-0.2, 0) is 22.4 Å². The van der Waals surface area contributed by atoms with Gasteiger partial charge in [-0.2, -0.15) is 0 Å². The zero-order valence-electron chi connectivity index (χ0n) is 25.7. The Kier molecular flexibility index (Phi) is 9.30. The van der Waals surface area contributed by atoms with E-state index in [0.717, 1.165) is 23.1 Å². The molecule has 0 radical (unpaired) electrons. The number of pyridine rings is 1. The Bertz CT molecular complexity index is 1750. The van der Waals surface area contributed by atoms with Gasteiger partial charge in [0, 0.05) is 25.1 Å². The highest BCUT2D eigenvalue weighted by Gasteiger charge is 2.30. The van der Waals surface area contributed by atoms with Crippen LogP contribution < -0.4 is 11.1 Å². The zero-order valence-corrected chi connectivity index (χ0v) is 25.7. The molecular weight excluding hydrogens is 591 g/mol. The van der Waals surface area contributed by atoms with E-state index in [2.05, 4.69) is 41.3 Å². The molecule has 0 aliphatic carbocycles. The highest BCUT2D eigenvalue weighted by molar-refractivity contribution is 5.87. The lowest BCUT2D eigenvalue weighted by atomic mass is 9.82. The Morgan fingerprint density at radius 1 is 0.978 bits per heavy atom. The summed E-state index contributed by atoms with van der Waals surface area (Å²) in [7, 11) is 0. The van der Waals surface area contributed by atoms with Gasteiger partial charge in [0.1, 0.15) is 23.3 Å². The summed E-state index contributed by atoms with van der Waals surface area (Å²) in [6.07, 6.45) is 3.20. The fourth-order valence-corrected chi connectivity index (χ4v) is 6.12. The first-order chi connectivity index (χ1) is 22.2. The summed E-state index contributed by atoms with van der Waals surface area (Å²) < 4.78 is 48.7. The van der Waals surface area contributed by atoms with E-state index in [1.807, 2.05) is 0 Å². The number of aryl methyl sites for hydroxylation is 2. The first kappa shape index (κ1) is 31.6. The molecule has 1 aliphatic rings. The minimum Gasteiger partial charge on any atom is -0.375 e. The summed E-state index contributed by atoms with van der Waals surface area (Å²) in [4.78, 5) is 25.8. The summed E-state index contributed by atoms with van der Waals surface area (Å²) in [6.45, 7) is 5.11. The molecule has 3 atom stereocenters. The monoisotopic (exact) mass is 627 g/mol. The number of benzene rings is 3. The van der Waals surface area contributed by atoms with Gasteiger partial charge in [-0.05, 0) is 96.5 Å². The van der Waals surface area contributed by atoms with Crippen molar-refractivity contribution in [2.24, 2.45) is 5.73 Å². The third-order valence-corrected chi connectivity index (χ3v) is 8.90. The first-order valence-electron chi connectivity index (χ1n) is 15.4. The zero-order chi connectivity index (χ0) is 32.4. The number of H-pyrrole nitrogens is 1. The topological polar surface area (TPSA) is 106 Å². The van der Waals surface area contributed by atoms with Crippen LogP contribution in [0.4, 0.5) is 13.2 Å². The number of aromatic amines is 1. The van der Waals surface area contributed by atoms with Crippen molar-refractivity contribution in [3.8, 4) is 0 Å². The molecular formula is C36H36F3N5O2. The highest BCUT2D eigenvalue weighted by Crippen LogP contribution is 2.30. The van der Waals surface area contributed by atoms with Gasteiger partial charge < -0.3 is 20.8 Å². The number of ketones is 1. The number of carbonyl (C=O) groups excluding carboxylic acids is 1. The van der Waals surface area contributed by atoms with E-state index in [9.17, 15) is 13.6 Å². The predicted octanol–water partition coefficient (Wildman–Crippen LogP) is 5.93. The average molecular weight is 628 g/mol. The molecule has 5 aromatic rings. The lowest BCUT2D eigenvalue weighted by molar-refractivity contribution is -0.119. The van der Waals surface area contributed by atoms with Crippen molar-refractivity contribution in [2.75, 3.05) is 13.2 Å².